The summed E-state index contributed by atoms with van der Waals surface area (Å²) in [5.74, 6) is -0.717. The van der Waals surface area contributed by atoms with Gasteiger partial charge in [0.1, 0.15) is 5.82 Å². The van der Waals surface area contributed by atoms with Crippen LogP contribution in [0.1, 0.15) is 11.7 Å². The van der Waals surface area contributed by atoms with Crippen molar-refractivity contribution in [2.45, 2.75) is 11.0 Å². The molecule has 0 saturated heterocycles. The van der Waals surface area contributed by atoms with E-state index in [2.05, 4.69) is 5.32 Å². The number of sulfone groups is 1. The molecule has 0 aliphatic heterocycles. The number of likely N-dealkylation sites (N-methyl/N-ethyl adjacent to an activating group) is 1. The number of aliphatic hydroxyl groups excluding tert-OH is 1. The first-order valence-electron chi connectivity index (χ1n) is 4.68. The standard InChI is InChI=1S/C10H14FNO3S/c1-12-6-10(13)8-4-3-7(5-9(8)11)16(2,14)15/h3-5,10,12-13H,6H2,1-2H3. The van der Waals surface area contributed by atoms with Crippen LogP contribution in [0.5, 0.6) is 0 Å². The first-order chi connectivity index (χ1) is 7.36. The second kappa shape index (κ2) is 4.90. The lowest BCUT2D eigenvalue weighted by Gasteiger charge is -2.11. The van der Waals surface area contributed by atoms with Gasteiger partial charge in [-0.15, -0.1) is 0 Å². The van der Waals surface area contributed by atoms with Gasteiger partial charge < -0.3 is 10.4 Å². The smallest absolute Gasteiger partial charge is 0.175 e. The molecule has 0 heterocycles. The normalized spacial score (nSPS) is 13.8. The Morgan fingerprint density at radius 2 is 2.12 bits per heavy atom. The van der Waals surface area contributed by atoms with Crippen molar-refractivity contribution in [2.75, 3.05) is 19.8 Å². The maximum Gasteiger partial charge on any atom is 0.175 e. The summed E-state index contributed by atoms with van der Waals surface area (Å²) in [7, 11) is -1.79. The highest BCUT2D eigenvalue weighted by Gasteiger charge is 2.15. The van der Waals surface area contributed by atoms with E-state index in [9.17, 15) is 17.9 Å². The minimum atomic E-state index is -3.42. The predicted molar refractivity (Wildman–Crippen MR) is 58.4 cm³/mol. The van der Waals surface area contributed by atoms with Crippen LogP contribution in [0.3, 0.4) is 0 Å². The van der Waals surface area contributed by atoms with Gasteiger partial charge in [0.2, 0.25) is 0 Å². The van der Waals surface area contributed by atoms with E-state index in [1.165, 1.54) is 12.1 Å². The average Bonchev–Trinajstić information content (AvgIpc) is 2.16. The zero-order chi connectivity index (χ0) is 12.3. The molecule has 0 spiro atoms. The SMILES string of the molecule is CNCC(O)c1ccc(S(C)(=O)=O)cc1F. The fraction of sp³-hybridized carbons (Fsp3) is 0.400. The second-order valence-corrected chi connectivity index (χ2v) is 5.54. The fourth-order valence-corrected chi connectivity index (χ4v) is 1.94. The van der Waals surface area contributed by atoms with Crippen molar-refractivity contribution >= 4 is 9.84 Å². The molecular formula is C10H14FNO3S. The molecule has 2 N–H and O–H groups in total. The number of hydrogen-bond donors (Lipinski definition) is 2. The van der Waals surface area contributed by atoms with Crippen LogP contribution in [-0.4, -0.2) is 33.4 Å². The van der Waals surface area contributed by atoms with E-state index in [1.54, 1.807) is 7.05 Å². The Bertz CT molecular complexity index is 473. The Balaban J connectivity index is 3.10. The minimum absolute atomic E-state index is 0.0850. The van der Waals surface area contributed by atoms with Gasteiger partial charge in [-0.25, -0.2) is 12.8 Å². The third kappa shape index (κ3) is 3.01. The van der Waals surface area contributed by atoms with Crippen LogP contribution in [0.2, 0.25) is 0 Å². The summed E-state index contributed by atoms with van der Waals surface area (Å²) in [6, 6.07) is 3.49. The van der Waals surface area contributed by atoms with Crippen LogP contribution in [0.15, 0.2) is 23.1 Å². The van der Waals surface area contributed by atoms with E-state index in [1.807, 2.05) is 0 Å². The number of nitrogens with one attached hydrogen (secondary N) is 1. The van der Waals surface area contributed by atoms with E-state index < -0.39 is 21.8 Å². The summed E-state index contributed by atoms with van der Waals surface area (Å²) in [4.78, 5) is -0.0922. The van der Waals surface area contributed by atoms with Gasteiger partial charge in [-0.3, -0.25) is 0 Å². The zero-order valence-corrected chi connectivity index (χ0v) is 9.88. The van der Waals surface area contributed by atoms with Crippen molar-refractivity contribution in [1.29, 1.82) is 0 Å². The Labute approximate surface area is 94.0 Å². The van der Waals surface area contributed by atoms with E-state index >= 15 is 0 Å². The molecule has 4 nitrogen and oxygen atoms in total. The Kier molecular flexibility index (Phi) is 4.01. The predicted octanol–water partition coefficient (Wildman–Crippen LogP) is 0.482. The van der Waals surface area contributed by atoms with Crippen molar-refractivity contribution < 1.29 is 17.9 Å². The van der Waals surface area contributed by atoms with E-state index in [4.69, 9.17) is 0 Å². The van der Waals surface area contributed by atoms with Crippen LogP contribution < -0.4 is 5.32 Å². The van der Waals surface area contributed by atoms with Gasteiger partial charge in [-0.2, -0.15) is 0 Å². The minimum Gasteiger partial charge on any atom is -0.387 e. The topological polar surface area (TPSA) is 66.4 Å². The van der Waals surface area contributed by atoms with Gasteiger partial charge in [0.15, 0.2) is 9.84 Å². The van der Waals surface area contributed by atoms with Crippen molar-refractivity contribution in [3.05, 3.63) is 29.6 Å². The number of halogens is 1. The molecule has 1 rings (SSSR count). The fourth-order valence-electron chi connectivity index (χ4n) is 1.31. The summed E-state index contributed by atoms with van der Waals surface area (Å²) >= 11 is 0. The number of benzene rings is 1. The maximum atomic E-state index is 13.5. The summed E-state index contributed by atoms with van der Waals surface area (Å²) < 4.78 is 35.8. The molecular weight excluding hydrogens is 233 g/mol. The van der Waals surface area contributed by atoms with Crippen molar-refractivity contribution in [3.63, 3.8) is 0 Å². The third-order valence-corrected chi connectivity index (χ3v) is 3.27. The molecule has 0 radical (unpaired) electrons. The molecule has 0 amide bonds. The Morgan fingerprint density at radius 1 is 1.50 bits per heavy atom. The first-order valence-corrected chi connectivity index (χ1v) is 6.57. The highest BCUT2D eigenvalue weighted by atomic mass is 32.2. The van der Waals surface area contributed by atoms with Crippen LogP contribution in [-0.2, 0) is 9.84 Å². The van der Waals surface area contributed by atoms with Crippen molar-refractivity contribution in [2.24, 2.45) is 0 Å². The molecule has 1 aromatic carbocycles. The van der Waals surface area contributed by atoms with Crippen molar-refractivity contribution in [1.82, 2.24) is 5.32 Å². The van der Waals surface area contributed by atoms with Gasteiger partial charge in [-0.1, -0.05) is 6.07 Å². The summed E-state index contributed by atoms with van der Waals surface area (Å²) in [6.45, 7) is 0.204. The molecule has 90 valence electrons. The summed E-state index contributed by atoms with van der Waals surface area (Å²) in [6.07, 6.45) is 0.0180. The van der Waals surface area contributed by atoms with Gasteiger partial charge in [0.25, 0.3) is 0 Å². The zero-order valence-electron chi connectivity index (χ0n) is 9.07. The molecule has 1 unspecified atom stereocenters. The van der Waals surface area contributed by atoms with Gasteiger partial charge >= 0.3 is 0 Å². The maximum absolute atomic E-state index is 13.5. The number of hydrogen-bond acceptors (Lipinski definition) is 4. The number of aliphatic hydroxyl groups is 1. The third-order valence-electron chi connectivity index (χ3n) is 2.16. The van der Waals surface area contributed by atoms with Gasteiger partial charge in [-0.05, 0) is 19.2 Å². The lowest BCUT2D eigenvalue weighted by Crippen LogP contribution is -2.17. The van der Waals surface area contributed by atoms with E-state index in [0.29, 0.717) is 0 Å². The first kappa shape index (κ1) is 13.1. The summed E-state index contributed by atoms with van der Waals surface area (Å²) in [5, 5.41) is 12.2. The van der Waals surface area contributed by atoms with Crippen LogP contribution in [0, 0.1) is 5.82 Å². The largest absolute Gasteiger partial charge is 0.387 e. The Hall–Kier alpha value is -0.980. The lowest BCUT2D eigenvalue weighted by atomic mass is 10.1. The van der Waals surface area contributed by atoms with E-state index in [-0.39, 0.29) is 17.0 Å². The molecule has 0 aromatic heterocycles. The molecule has 0 fully saturated rings. The average molecular weight is 247 g/mol. The molecule has 1 atom stereocenters. The highest BCUT2D eigenvalue weighted by molar-refractivity contribution is 7.90. The summed E-state index contributed by atoms with van der Waals surface area (Å²) in [5.41, 5.74) is 0.0850. The quantitative estimate of drug-likeness (QED) is 0.812. The molecule has 6 heteroatoms. The monoisotopic (exact) mass is 247 g/mol. The Morgan fingerprint density at radius 3 is 2.56 bits per heavy atom. The molecule has 0 saturated carbocycles. The van der Waals surface area contributed by atoms with Crippen LogP contribution >= 0.6 is 0 Å². The number of rotatable bonds is 4. The van der Waals surface area contributed by atoms with Crippen LogP contribution in [0.4, 0.5) is 4.39 Å². The second-order valence-electron chi connectivity index (χ2n) is 3.53. The van der Waals surface area contributed by atoms with Gasteiger partial charge in [0, 0.05) is 18.4 Å². The highest BCUT2D eigenvalue weighted by Crippen LogP contribution is 2.20. The molecule has 0 aliphatic rings. The molecule has 1 aromatic rings. The van der Waals surface area contributed by atoms with Gasteiger partial charge in [0.05, 0.1) is 11.0 Å². The molecule has 0 aliphatic carbocycles. The van der Waals surface area contributed by atoms with E-state index in [0.717, 1.165) is 12.3 Å². The molecule has 16 heavy (non-hydrogen) atoms. The molecule has 0 bridgehead atoms. The van der Waals surface area contributed by atoms with Crippen LogP contribution in [0.25, 0.3) is 0 Å². The van der Waals surface area contributed by atoms with Crippen molar-refractivity contribution in [3.8, 4) is 0 Å². The lowest BCUT2D eigenvalue weighted by molar-refractivity contribution is 0.173.